The van der Waals surface area contributed by atoms with Gasteiger partial charge in [-0.25, -0.2) is 8.78 Å². The summed E-state index contributed by atoms with van der Waals surface area (Å²) in [5.74, 6) is 1.53. The fourth-order valence-corrected chi connectivity index (χ4v) is 6.32. The quantitative estimate of drug-likeness (QED) is 0.113. The van der Waals surface area contributed by atoms with Gasteiger partial charge in [0.2, 0.25) is 0 Å². The highest BCUT2D eigenvalue weighted by molar-refractivity contribution is 6.31. The van der Waals surface area contributed by atoms with E-state index in [2.05, 4.69) is 10.6 Å². The number of rotatable bonds is 18. The van der Waals surface area contributed by atoms with Gasteiger partial charge in [0, 0.05) is 36.8 Å². The second-order valence-electron chi connectivity index (χ2n) is 12.5. The van der Waals surface area contributed by atoms with E-state index in [4.69, 9.17) is 30.5 Å². The molecule has 8 nitrogen and oxygen atoms in total. The van der Waals surface area contributed by atoms with Crippen molar-refractivity contribution in [3.63, 3.8) is 0 Å². The van der Waals surface area contributed by atoms with Crippen molar-refractivity contribution in [1.82, 2.24) is 15.5 Å². The maximum atomic E-state index is 14.6. The first-order valence-electron chi connectivity index (χ1n) is 16.8. The van der Waals surface area contributed by atoms with E-state index in [0.29, 0.717) is 49.1 Å². The van der Waals surface area contributed by atoms with E-state index in [-0.39, 0.29) is 37.9 Å². The van der Waals surface area contributed by atoms with Gasteiger partial charge in [-0.2, -0.15) is 0 Å². The van der Waals surface area contributed by atoms with Gasteiger partial charge in [0.25, 0.3) is 12.3 Å². The average molecular weight is 698 g/mol. The number of amides is 1. The van der Waals surface area contributed by atoms with Gasteiger partial charge in [-0.05, 0) is 91.2 Å². The van der Waals surface area contributed by atoms with Crippen LogP contribution in [-0.2, 0) is 27.4 Å². The Morgan fingerprint density at radius 3 is 2.47 bits per heavy atom. The van der Waals surface area contributed by atoms with Crippen LogP contribution in [0.2, 0.25) is 5.02 Å². The number of hydrogen-bond donors (Lipinski definition) is 2. The number of para-hydroxylation sites is 1. The molecule has 2 aliphatic rings. The Balaban J connectivity index is 1.34. The highest BCUT2D eigenvalue weighted by Crippen LogP contribution is 2.36. The Kier molecular flexibility index (Phi) is 13.4. The van der Waals surface area contributed by atoms with Crippen LogP contribution in [0.1, 0.15) is 47.1 Å². The second-order valence-corrected chi connectivity index (χ2v) is 12.9. The zero-order valence-corrected chi connectivity index (χ0v) is 29.2. The van der Waals surface area contributed by atoms with E-state index in [0.717, 1.165) is 52.0 Å². The van der Waals surface area contributed by atoms with Crippen molar-refractivity contribution in [2.24, 2.45) is 0 Å². The van der Waals surface area contributed by atoms with Gasteiger partial charge in [-0.15, -0.1) is 0 Å². The molecule has 0 bridgehead atoms. The van der Waals surface area contributed by atoms with Gasteiger partial charge in [-0.3, -0.25) is 4.79 Å². The van der Waals surface area contributed by atoms with Crippen molar-refractivity contribution in [2.45, 2.75) is 64.7 Å². The number of nitrogens with zero attached hydrogens (tertiary/aromatic N) is 1. The van der Waals surface area contributed by atoms with Crippen LogP contribution < -0.4 is 20.1 Å². The molecule has 2 N–H and O–H groups in total. The molecule has 3 aromatic rings. The lowest BCUT2D eigenvalue weighted by Crippen LogP contribution is -2.47. The Bertz CT molecular complexity index is 1560. The summed E-state index contributed by atoms with van der Waals surface area (Å²) >= 11 is 6.63. The first-order valence-corrected chi connectivity index (χ1v) is 17.2. The third-order valence-corrected chi connectivity index (χ3v) is 9.06. The number of nitrogens with one attached hydrogen (secondary N) is 2. The summed E-state index contributed by atoms with van der Waals surface area (Å²) in [6, 6.07) is 19.1. The summed E-state index contributed by atoms with van der Waals surface area (Å²) < 4.78 is 48.3. The Morgan fingerprint density at radius 1 is 1.04 bits per heavy atom. The van der Waals surface area contributed by atoms with E-state index in [1.807, 2.05) is 73.3 Å². The number of methoxy groups -OCH3 is 1. The van der Waals surface area contributed by atoms with Gasteiger partial charge in [-0.1, -0.05) is 54.1 Å². The zero-order chi connectivity index (χ0) is 34.8. The number of carbonyl (C=O) groups excluding carboxylic acids is 1. The molecule has 0 saturated heterocycles. The summed E-state index contributed by atoms with van der Waals surface area (Å²) in [5, 5.41) is 6.78. The van der Waals surface area contributed by atoms with Crippen LogP contribution in [0.3, 0.4) is 0 Å². The molecular weight excluding hydrogens is 652 g/mol. The minimum absolute atomic E-state index is 0.0722. The largest absolute Gasteiger partial charge is 0.490 e. The lowest BCUT2D eigenvalue weighted by molar-refractivity contribution is -0.129. The van der Waals surface area contributed by atoms with E-state index >= 15 is 0 Å². The maximum absolute atomic E-state index is 14.6. The molecule has 3 aromatic carbocycles. The monoisotopic (exact) mass is 697 g/mol. The number of hydrogen-bond acceptors (Lipinski definition) is 7. The number of ether oxygens (including phenoxy) is 4. The smallest absolute Gasteiger partial charge is 0.252 e. The standard InChI is InChI=1S/C38H46ClF2N3O5/c1-25-5-4-6-26(2)37(25)49-18-17-48-31-12-8-28(9-13-31)32-15-16-43-34(23-47-24-46-3)36(32)38(45)44(30-10-11-30)22-29-19-27(7-14-33(29)39)20-42-21-35(40)41/h4-9,12-14,19,30,34-35,42-43H,10-11,15-18,20-24H2,1-3H3. The fourth-order valence-electron chi connectivity index (χ4n) is 6.15. The molecule has 1 atom stereocenters. The van der Waals surface area contributed by atoms with Crippen LogP contribution >= 0.6 is 11.6 Å². The van der Waals surface area contributed by atoms with E-state index in [9.17, 15) is 13.6 Å². The third-order valence-electron chi connectivity index (χ3n) is 8.69. The minimum Gasteiger partial charge on any atom is -0.490 e. The van der Waals surface area contributed by atoms with Crippen molar-refractivity contribution in [3.8, 4) is 11.5 Å². The first-order chi connectivity index (χ1) is 23.7. The topological polar surface area (TPSA) is 81.3 Å². The second kappa shape index (κ2) is 17.9. The number of benzene rings is 3. The summed E-state index contributed by atoms with van der Waals surface area (Å²) in [5.41, 5.74) is 6.35. The molecule has 5 rings (SSSR count). The van der Waals surface area contributed by atoms with Crippen molar-refractivity contribution in [2.75, 3.05) is 46.8 Å². The van der Waals surface area contributed by atoms with E-state index < -0.39 is 13.0 Å². The Morgan fingerprint density at radius 2 is 1.78 bits per heavy atom. The normalized spacial score (nSPS) is 16.3. The number of alkyl halides is 2. The highest BCUT2D eigenvalue weighted by atomic mass is 35.5. The predicted molar refractivity (Wildman–Crippen MR) is 187 cm³/mol. The molecule has 1 fully saturated rings. The van der Waals surface area contributed by atoms with E-state index in [1.165, 1.54) is 0 Å². The molecule has 1 amide bonds. The Labute approximate surface area is 292 Å². The fraction of sp³-hybridized carbons (Fsp3) is 0.447. The molecule has 0 radical (unpaired) electrons. The molecular formula is C38H46ClF2N3O5. The number of aryl methyl sites for hydroxylation is 2. The molecule has 49 heavy (non-hydrogen) atoms. The van der Waals surface area contributed by atoms with Crippen LogP contribution in [0.25, 0.3) is 5.57 Å². The molecule has 0 spiro atoms. The van der Waals surface area contributed by atoms with Crippen LogP contribution in [0, 0.1) is 13.8 Å². The van der Waals surface area contributed by atoms with E-state index in [1.54, 1.807) is 13.2 Å². The lowest BCUT2D eigenvalue weighted by Gasteiger charge is -2.33. The first kappa shape index (κ1) is 36.7. The number of halogens is 3. The van der Waals surface area contributed by atoms with Gasteiger partial charge in [0.1, 0.15) is 31.5 Å². The summed E-state index contributed by atoms with van der Waals surface area (Å²) in [6.07, 6.45) is 0.0352. The molecule has 1 unspecified atom stereocenters. The lowest BCUT2D eigenvalue weighted by atomic mass is 9.88. The molecule has 264 valence electrons. The van der Waals surface area contributed by atoms with Crippen molar-refractivity contribution in [3.05, 3.63) is 99.1 Å². The molecule has 1 aliphatic carbocycles. The van der Waals surface area contributed by atoms with Crippen LogP contribution in [0.15, 0.2) is 66.2 Å². The van der Waals surface area contributed by atoms with Gasteiger partial charge in [0.15, 0.2) is 0 Å². The molecule has 1 heterocycles. The molecule has 0 aromatic heterocycles. The van der Waals surface area contributed by atoms with Gasteiger partial charge >= 0.3 is 0 Å². The highest BCUT2D eigenvalue weighted by Gasteiger charge is 2.38. The maximum Gasteiger partial charge on any atom is 0.252 e. The average Bonchev–Trinajstić information content (AvgIpc) is 3.93. The molecule has 1 aliphatic heterocycles. The summed E-state index contributed by atoms with van der Waals surface area (Å²) in [7, 11) is 1.57. The molecule has 1 saturated carbocycles. The van der Waals surface area contributed by atoms with Crippen molar-refractivity contribution in [1.29, 1.82) is 0 Å². The Hall–Kier alpha value is -3.54. The van der Waals surface area contributed by atoms with Gasteiger partial charge < -0.3 is 34.5 Å². The SMILES string of the molecule is COCOCC1NCCC(c2ccc(OCCOc3c(C)cccc3C)cc2)=C1C(=O)N(Cc1cc(CNCC(F)F)ccc1Cl)C1CC1. The van der Waals surface area contributed by atoms with Crippen LogP contribution in [0.4, 0.5) is 8.78 Å². The predicted octanol–water partition coefficient (Wildman–Crippen LogP) is 6.70. The third kappa shape index (κ3) is 10.2. The van der Waals surface area contributed by atoms with Crippen molar-refractivity contribution >= 4 is 23.1 Å². The summed E-state index contributed by atoms with van der Waals surface area (Å²) in [4.78, 5) is 16.5. The van der Waals surface area contributed by atoms with Crippen LogP contribution in [0.5, 0.6) is 11.5 Å². The van der Waals surface area contributed by atoms with Crippen molar-refractivity contribution < 1.29 is 32.5 Å². The number of carbonyl (C=O) groups is 1. The summed E-state index contributed by atoms with van der Waals surface area (Å²) in [6.45, 7) is 6.14. The zero-order valence-electron chi connectivity index (χ0n) is 28.4. The van der Waals surface area contributed by atoms with Gasteiger partial charge in [0.05, 0.1) is 19.2 Å². The minimum atomic E-state index is -2.43. The molecule has 11 heteroatoms. The van der Waals surface area contributed by atoms with Crippen LogP contribution in [-0.4, -0.2) is 76.1 Å².